The predicted molar refractivity (Wildman–Crippen MR) is 64.2 cm³/mol. The third-order valence-electron chi connectivity index (χ3n) is 4.04. The fraction of sp³-hybridized carbons (Fsp3) is 0.400. The number of hydrogen-bond acceptors (Lipinski definition) is 0. The Balaban J connectivity index is 2.02. The van der Waals surface area contributed by atoms with Gasteiger partial charge in [-0.2, -0.15) is 0 Å². The van der Waals surface area contributed by atoms with Crippen molar-refractivity contribution in [1.82, 2.24) is 0 Å². The van der Waals surface area contributed by atoms with Crippen molar-refractivity contribution in [2.45, 2.75) is 32.6 Å². The highest BCUT2D eigenvalue weighted by Gasteiger charge is 2.60. The minimum Gasteiger partial charge on any atom is -0.0716 e. The molecule has 3 rings (SSSR count). The summed E-state index contributed by atoms with van der Waals surface area (Å²) in [6, 6.07) is 10.9. The van der Waals surface area contributed by atoms with Crippen LogP contribution in [0, 0.1) is 11.3 Å². The highest BCUT2D eigenvalue weighted by molar-refractivity contribution is 5.76. The second kappa shape index (κ2) is 3.16. The zero-order valence-corrected chi connectivity index (χ0v) is 9.29. The standard InChI is InChI=1S/C15H17/c1-12-6-5-9-14(15(12)10-11-15)13-7-3-2-4-8-13/h2-4,7-9H,5-6,10-11H2,1H3/q+1. The number of rotatable bonds is 1. The van der Waals surface area contributed by atoms with Crippen molar-refractivity contribution in [2.75, 3.05) is 0 Å². The second-order valence-electron chi connectivity index (χ2n) is 4.88. The molecular formula is C15H17+. The molecule has 1 fully saturated rings. The third kappa shape index (κ3) is 1.31. The largest absolute Gasteiger partial charge is 0.135 e. The zero-order chi connectivity index (χ0) is 10.3. The van der Waals surface area contributed by atoms with Gasteiger partial charge in [-0.25, -0.2) is 0 Å². The maximum absolute atomic E-state index is 2.47. The molecule has 0 unspecified atom stereocenters. The second-order valence-corrected chi connectivity index (χ2v) is 4.88. The predicted octanol–water partition coefficient (Wildman–Crippen LogP) is 4.24. The van der Waals surface area contributed by atoms with Crippen molar-refractivity contribution in [3.8, 4) is 0 Å². The molecule has 0 aliphatic heterocycles. The van der Waals surface area contributed by atoms with Crippen LogP contribution in [0.2, 0.25) is 0 Å². The first-order valence-electron chi connectivity index (χ1n) is 5.92. The summed E-state index contributed by atoms with van der Waals surface area (Å²) in [6.45, 7) is 2.35. The number of hydrogen-bond donors (Lipinski definition) is 0. The van der Waals surface area contributed by atoms with E-state index < -0.39 is 0 Å². The minimum atomic E-state index is 0.486. The summed E-state index contributed by atoms with van der Waals surface area (Å²) in [4.78, 5) is 0. The van der Waals surface area contributed by atoms with Gasteiger partial charge in [-0.15, -0.1) is 0 Å². The Morgan fingerprint density at radius 2 is 1.87 bits per heavy atom. The molecule has 0 heterocycles. The smallest absolute Gasteiger partial charge is 0.0716 e. The summed E-state index contributed by atoms with van der Waals surface area (Å²) >= 11 is 0. The van der Waals surface area contributed by atoms with Crippen molar-refractivity contribution in [3.63, 3.8) is 0 Å². The molecular weight excluding hydrogens is 180 g/mol. The average molecular weight is 197 g/mol. The summed E-state index contributed by atoms with van der Waals surface area (Å²) in [5, 5.41) is 0. The highest BCUT2D eigenvalue weighted by Crippen LogP contribution is 2.64. The first-order chi connectivity index (χ1) is 7.33. The normalized spacial score (nSPS) is 22.7. The molecule has 0 saturated heterocycles. The van der Waals surface area contributed by atoms with E-state index in [1.807, 2.05) is 0 Å². The van der Waals surface area contributed by atoms with E-state index in [2.05, 4.69) is 43.3 Å². The van der Waals surface area contributed by atoms with E-state index in [0.29, 0.717) is 5.41 Å². The fourth-order valence-corrected chi connectivity index (χ4v) is 2.93. The Labute approximate surface area is 92.0 Å². The third-order valence-corrected chi connectivity index (χ3v) is 4.04. The van der Waals surface area contributed by atoms with Gasteiger partial charge in [0.1, 0.15) is 5.41 Å². The van der Waals surface area contributed by atoms with Gasteiger partial charge in [0.15, 0.2) is 0 Å². The van der Waals surface area contributed by atoms with Crippen LogP contribution in [0.4, 0.5) is 0 Å². The summed E-state index contributed by atoms with van der Waals surface area (Å²) in [5.41, 5.74) is 3.53. The van der Waals surface area contributed by atoms with Crippen LogP contribution in [0.5, 0.6) is 0 Å². The SMILES string of the molecule is C[C+]1CCC=C(c2ccccc2)C12CC2. The van der Waals surface area contributed by atoms with Gasteiger partial charge in [0.05, 0.1) is 19.3 Å². The average Bonchev–Trinajstić information content (AvgIpc) is 3.05. The highest BCUT2D eigenvalue weighted by atomic mass is 14.5. The first kappa shape index (κ1) is 9.08. The molecule has 0 amide bonds. The minimum absolute atomic E-state index is 0.486. The van der Waals surface area contributed by atoms with Crippen molar-refractivity contribution >= 4 is 5.57 Å². The Morgan fingerprint density at radius 3 is 2.53 bits per heavy atom. The summed E-state index contributed by atoms with van der Waals surface area (Å²) in [5.74, 6) is 1.71. The van der Waals surface area contributed by atoms with Crippen molar-refractivity contribution < 1.29 is 0 Å². The number of allylic oxidation sites excluding steroid dienone is 2. The van der Waals surface area contributed by atoms with Gasteiger partial charge in [-0.05, 0) is 5.56 Å². The molecule has 0 atom stereocenters. The van der Waals surface area contributed by atoms with Crippen LogP contribution in [0.3, 0.4) is 0 Å². The molecule has 0 nitrogen and oxygen atoms in total. The Kier molecular flexibility index (Phi) is 1.92. The Hall–Kier alpha value is -1.17. The van der Waals surface area contributed by atoms with Crippen LogP contribution in [0.25, 0.3) is 5.57 Å². The fourth-order valence-electron chi connectivity index (χ4n) is 2.93. The van der Waals surface area contributed by atoms with Gasteiger partial charge in [-0.3, -0.25) is 0 Å². The van der Waals surface area contributed by atoms with Crippen LogP contribution in [0.1, 0.15) is 38.2 Å². The number of benzene rings is 1. The van der Waals surface area contributed by atoms with Crippen LogP contribution in [0.15, 0.2) is 36.4 Å². The Bertz CT molecular complexity index is 382. The summed E-state index contributed by atoms with van der Waals surface area (Å²) in [6.07, 6.45) is 7.75. The molecule has 15 heavy (non-hydrogen) atoms. The van der Waals surface area contributed by atoms with Crippen molar-refractivity contribution in [3.05, 3.63) is 47.9 Å². The van der Waals surface area contributed by atoms with Gasteiger partial charge in [-0.1, -0.05) is 36.4 Å². The molecule has 0 N–H and O–H groups in total. The van der Waals surface area contributed by atoms with E-state index in [1.54, 1.807) is 11.5 Å². The summed E-state index contributed by atoms with van der Waals surface area (Å²) < 4.78 is 0. The van der Waals surface area contributed by atoms with E-state index in [9.17, 15) is 0 Å². The van der Waals surface area contributed by atoms with Gasteiger partial charge >= 0.3 is 0 Å². The zero-order valence-electron chi connectivity index (χ0n) is 9.29. The lowest BCUT2D eigenvalue weighted by Gasteiger charge is -2.22. The molecule has 0 radical (unpaired) electrons. The van der Waals surface area contributed by atoms with E-state index in [-0.39, 0.29) is 0 Å². The maximum atomic E-state index is 2.47. The molecule has 2 aliphatic carbocycles. The molecule has 1 spiro atoms. The van der Waals surface area contributed by atoms with E-state index in [4.69, 9.17) is 0 Å². The van der Waals surface area contributed by atoms with E-state index in [0.717, 1.165) is 0 Å². The Morgan fingerprint density at radius 1 is 1.13 bits per heavy atom. The summed E-state index contributed by atoms with van der Waals surface area (Å²) in [7, 11) is 0. The molecule has 0 bridgehead atoms. The van der Waals surface area contributed by atoms with Gasteiger partial charge < -0.3 is 0 Å². The van der Waals surface area contributed by atoms with Gasteiger partial charge in [0.2, 0.25) is 0 Å². The van der Waals surface area contributed by atoms with Crippen molar-refractivity contribution in [1.29, 1.82) is 0 Å². The van der Waals surface area contributed by atoms with E-state index in [1.165, 1.54) is 31.2 Å². The molecule has 1 aromatic carbocycles. The maximum Gasteiger partial charge on any atom is 0.135 e. The van der Waals surface area contributed by atoms with E-state index >= 15 is 0 Å². The molecule has 2 aliphatic rings. The molecule has 0 aromatic heterocycles. The van der Waals surface area contributed by atoms with Crippen LogP contribution in [-0.2, 0) is 0 Å². The van der Waals surface area contributed by atoms with Gasteiger partial charge in [0, 0.05) is 24.8 Å². The topological polar surface area (TPSA) is 0 Å². The lowest BCUT2D eigenvalue weighted by Crippen LogP contribution is -2.16. The molecule has 76 valence electrons. The van der Waals surface area contributed by atoms with Crippen LogP contribution < -0.4 is 0 Å². The van der Waals surface area contributed by atoms with Gasteiger partial charge in [0.25, 0.3) is 0 Å². The lowest BCUT2D eigenvalue weighted by molar-refractivity contribution is 0.600. The molecule has 1 saturated carbocycles. The molecule has 0 heteroatoms. The van der Waals surface area contributed by atoms with Crippen molar-refractivity contribution in [2.24, 2.45) is 5.41 Å². The van der Waals surface area contributed by atoms with Crippen LogP contribution in [-0.4, -0.2) is 0 Å². The lowest BCUT2D eigenvalue weighted by atomic mass is 9.74. The quantitative estimate of drug-likeness (QED) is 0.591. The molecule has 1 aromatic rings. The first-order valence-corrected chi connectivity index (χ1v) is 5.92. The monoisotopic (exact) mass is 197 g/mol. The van der Waals surface area contributed by atoms with Crippen LogP contribution >= 0.6 is 0 Å².